The Morgan fingerprint density at radius 3 is 2.53 bits per heavy atom. The third kappa shape index (κ3) is 4.38. The molecule has 2 amide bonds. The van der Waals surface area contributed by atoms with E-state index in [-0.39, 0.29) is 19.1 Å². The van der Waals surface area contributed by atoms with E-state index in [0.29, 0.717) is 29.8 Å². The quantitative estimate of drug-likeness (QED) is 0.430. The van der Waals surface area contributed by atoms with Crippen molar-refractivity contribution in [1.29, 1.82) is 0 Å². The minimum atomic E-state index is -1.76. The van der Waals surface area contributed by atoms with Gasteiger partial charge in [-0.2, -0.15) is 0 Å². The second-order valence-corrected chi connectivity index (χ2v) is 9.79. The summed E-state index contributed by atoms with van der Waals surface area (Å²) < 4.78 is 5.38. The molecule has 38 heavy (non-hydrogen) atoms. The first kappa shape index (κ1) is 25.7. The highest BCUT2D eigenvalue weighted by molar-refractivity contribution is 6.07. The molecule has 0 unspecified atom stereocenters. The number of methoxy groups -OCH3 is 1. The maximum Gasteiger partial charge on any atom is 0.264 e. The van der Waals surface area contributed by atoms with E-state index in [0.717, 1.165) is 28.9 Å². The van der Waals surface area contributed by atoms with Crippen LogP contribution in [0.5, 0.6) is 5.75 Å². The fraction of sp³-hybridized carbons (Fsp3) is 0.290. The molecule has 3 aromatic carbocycles. The van der Waals surface area contributed by atoms with Gasteiger partial charge in [0.25, 0.3) is 5.91 Å². The largest absolute Gasteiger partial charge is 0.497 e. The molecule has 2 N–H and O–H groups in total. The molecule has 196 valence electrons. The number of carbonyl (C=O) groups excluding carboxylic acids is 2. The highest BCUT2D eigenvalue weighted by Crippen LogP contribution is 2.47. The molecule has 7 nitrogen and oxygen atoms in total. The van der Waals surface area contributed by atoms with Crippen molar-refractivity contribution in [3.63, 3.8) is 0 Å². The van der Waals surface area contributed by atoms with Gasteiger partial charge in [-0.15, -0.1) is 0 Å². The molecule has 0 saturated carbocycles. The molecule has 0 saturated heterocycles. The summed E-state index contributed by atoms with van der Waals surface area (Å²) in [5.74, 6) is -0.322. The molecule has 0 radical (unpaired) electrons. The van der Waals surface area contributed by atoms with Crippen molar-refractivity contribution < 1.29 is 24.5 Å². The van der Waals surface area contributed by atoms with Gasteiger partial charge in [-0.25, -0.2) is 0 Å². The van der Waals surface area contributed by atoms with E-state index in [1.807, 2.05) is 42.5 Å². The number of aliphatic hydroxyl groups is 2. The molecule has 2 aliphatic rings. The number of benzene rings is 3. The fourth-order valence-corrected chi connectivity index (χ4v) is 5.37. The van der Waals surface area contributed by atoms with Gasteiger partial charge in [0.05, 0.1) is 25.0 Å². The van der Waals surface area contributed by atoms with Gasteiger partial charge in [0.2, 0.25) is 5.91 Å². The van der Waals surface area contributed by atoms with Crippen molar-refractivity contribution >= 4 is 28.9 Å². The number of carbonyl (C=O) groups is 2. The predicted octanol–water partition coefficient (Wildman–Crippen LogP) is 4.62. The molecule has 0 aromatic heterocycles. The molecule has 2 atom stereocenters. The highest BCUT2D eigenvalue weighted by atomic mass is 16.5. The van der Waals surface area contributed by atoms with Crippen molar-refractivity contribution in [1.82, 2.24) is 0 Å². The molecule has 2 heterocycles. The summed E-state index contributed by atoms with van der Waals surface area (Å²) in [6.07, 6.45) is 5.19. The lowest BCUT2D eigenvalue weighted by Crippen LogP contribution is -2.44. The molecule has 0 spiro atoms. The minimum absolute atomic E-state index is 0.00324. The van der Waals surface area contributed by atoms with Gasteiger partial charge in [0.15, 0.2) is 5.60 Å². The molecule has 7 heteroatoms. The zero-order valence-electron chi connectivity index (χ0n) is 21.6. The van der Waals surface area contributed by atoms with Crippen LogP contribution in [0.2, 0.25) is 0 Å². The second-order valence-electron chi connectivity index (χ2n) is 9.79. The lowest BCUT2D eigenvalue weighted by Gasteiger charge is -2.30. The van der Waals surface area contributed by atoms with Gasteiger partial charge in [-0.05, 0) is 60.4 Å². The maximum absolute atomic E-state index is 13.8. The summed E-state index contributed by atoms with van der Waals surface area (Å²) in [7, 11) is 1.55. The average molecular weight is 513 g/mol. The van der Waals surface area contributed by atoms with Crippen molar-refractivity contribution in [2.75, 3.05) is 23.5 Å². The SMILES string of the molecule is COc1ccc2c(c1)[C@](O)([C@@H](C)/C=C/CCO)C(=O)N2Cc1ccc(N2C(=O)CCc3ccccc32)cc1. The molecular formula is C31H32N2O5. The van der Waals surface area contributed by atoms with Crippen LogP contribution >= 0.6 is 0 Å². The highest BCUT2D eigenvalue weighted by Gasteiger charge is 2.52. The molecule has 2 aliphatic heterocycles. The van der Waals surface area contributed by atoms with Crippen LogP contribution < -0.4 is 14.5 Å². The fourth-order valence-electron chi connectivity index (χ4n) is 5.37. The Bertz CT molecular complexity index is 1380. The summed E-state index contributed by atoms with van der Waals surface area (Å²) in [5.41, 5.74) is 3.06. The Morgan fingerprint density at radius 1 is 1.03 bits per heavy atom. The number of aliphatic hydroxyl groups excluding tert-OH is 1. The number of hydrogen-bond acceptors (Lipinski definition) is 5. The van der Waals surface area contributed by atoms with Gasteiger partial charge in [-0.1, -0.05) is 49.4 Å². The monoisotopic (exact) mass is 512 g/mol. The Hall–Kier alpha value is -3.94. The third-order valence-corrected chi connectivity index (χ3v) is 7.48. The van der Waals surface area contributed by atoms with Gasteiger partial charge in [0, 0.05) is 30.2 Å². The van der Waals surface area contributed by atoms with Crippen molar-refractivity contribution in [3.8, 4) is 5.75 Å². The normalized spacial score (nSPS) is 19.6. The molecule has 0 aliphatic carbocycles. The summed E-state index contributed by atoms with van der Waals surface area (Å²) in [6.45, 7) is 2.05. The summed E-state index contributed by atoms with van der Waals surface area (Å²) in [4.78, 5) is 29.9. The van der Waals surface area contributed by atoms with E-state index in [1.54, 1.807) is 54.2 Å². The standard InChI is InChI=1S/C31H32N2O5/c1-21(7-5-6-18-34)31(37)26-19-25(38-2)15-16-28(26)32(30(31)36)20-22-10-13-24(14-11-22)33-27-9-4-3-8-23(27)12-17-29(33)35/h3-5,7-11,13-16,19,21,34,37H,6,12,17-18,20H2,1-2H3/b7-5+/t21-,31+/m0/s1. The van der Waals surface area contributed by atoms with E-state index < -0.39 is 17.4 Å². The number of para-hydroxylation sites is 1. The van der Waals surface area contributed by atoms with E-state index >= 15 is 0 Å². The Labute approximate surface area is 222 Å². The lowest BCUT2D eigenvalue weighted by molar-refractivity contribution is -0.139. The van der Waals surface area contributed by atoms with Crippen LogP contribution in [0.1, 0.15) is 36.5 Å². The van der Waals surface area contributed by atoms with E-state index in [9.17, 15) is 14.7 Å². The zero-order chi connectivity index (χ0) is 26.9. The molecule has 3 aromatic rings. The number of ether oxygens (including phenoxy) is 1. The summed E-state index contributed by atoms with van der Waals surface area (Å²) in [5, 5.41) is 20.9. The van der Waals surface area contributed by atoms with E-state index in [1.165, 1.54) is 0 Å². The van der Waals surface area contributed by atoms with Crippen LogP contribution in [-0.2, 0) is 28.2 Å². The van der Waals surface area contributed by atoms with Crippen molar-refractivity contribution in [3.05, 3.63) is 95.6 Å². The number of fused-ring (bicyclic) bond motifs is 2. The van der Waals surface area contributed by atoms with Crippen LogP contribution in [0.15, 0.2) is 78.9 Å². The van der Waals surface area contributed by atoms with Crippen LogP contribution in [0, 0.1) is 5.92 Å². The predicted molar refractivity (Wildman–Crippen MR) is 146 cm³/mol. The molecule has 0 fully saturated rings. The van der Waals surface area contributed by atoms with Crippen molar-refractivity contribution in [2.45, 2.75) is 38.3 Å². The lowest BCUT2D eigenvalue weighted by atomic mass is 9.83. The van der Waals surface area contributed by atoms with E-state index in [2.05, 4.69) is 6.07 Å². The number of nitrogens with zero attached hydrogens (tertiary/aromatic N) is 2. The Morgan fingerprint density at radius 2 is 1.79 bits per heavy atom. The number of anilines is 3. The topological polar surface area (TPSA) is 90.3 Å². The zero-order valence-corrected chi connectivity index (χ0v) is 21.6. The average Bonchev–Trinajstić information content (AvgIpc) is 3.15. The number of rotatable bonds is 8. The molecule has 0 bridgehead atoms. The first-order valence-corrected chi connectivity index (χ1v) is 12.9. The molecular weight excluding hydrogens is 480 g/mol. The van der Waals surface area contributed by atoms with Crippen molar-refractivity contribution in [2.24, 2.45) is 5.92 Å². The Kier molecular flexibility index (Phi) is 7.06. The smallest absolute Gasteiger partial charge is 0.264 e. The Balaban J connectivity index is 1.44. The van der Waals surface area contributed by atoms with Gasteiger partial charge < -0.3 is 19.8 Å². The summed E-state index contributed by atoms with van der Waals surface area (Å²) >= 11 is 0. The minimum Gasteiger partial charge on any atom is -0.497 e. The number of aryl methyl sites for hydroxylation is 1. The summed E-state index contributed by atoms with van der Waals surface area (Å²) in [6, 6.07) is 20.9. The van der Waals surface area contributed by atoms with Gasteiger partial charge in [-0.3, -0.25) is 14.5 Å². The maximum atomic E-state index is 13.8. The first-order valence-electron chi connectivity index (χ1n) is 12.9. The number of amides is 2. The van der Waals surface area contributed by atoms with Crippen LogP contribution in [-0.4, -0.2) is 35.7 Å². The van der Waals surface area contributed by atoms with Crippen LogP contribution in [0.4, 0.5) is 17.1 Å². The molecule has 5 rings (SSSR count). The third-order valence-electron chi connectivity index (χ3n) is 7.48. The van der Waals surface area contributed by atoms with Crippen LogP contribution in [0.3, 0.4) is 0 Å². The van der Waals surface area contributed by atoms with Crippen LogP contribution in [0.25, 0.3) is 0 Å². The number of hydrogen-bond donors (Lipinski definition) is 2. The first-order chi connectivity index (χ1) is 18.4. The van der Waals surface area contributed by atoms with Gasteiger partial charge >= 0.3 is 0 Å². The second kappa shape index (κ2) is 10.4. The van der Waals surface area contributed by atoms with Gasteiger partial charge in [0.1, 0.15) is 5.75 Å². The van der Waals surface area contributed by atoms with E-state index in [4.69, 9.17) is 9.84 Å².